The molecule has 3 N–H and O–H groups in total. The van der Waals surface area contributed by atoms with Crippen LogP contribution in [0.5, 0.6) is 0 Å². The summed E-state index contributed by atoms with van der Waals surface area (Å²) in [4.78, 5) is 28.0. The molecule has 1 aromatic carbocycles. The van der Waals surface area contributed by atoms with Crippen LogP contribution in [-0.4, -0.2) is 22.1 Å². The fourth-order valence-corrected chi connectivity index (χ4v) is 2.66. The maximum atomic E-state index is 11.8. The van der Waals surface area contributed by atoms with Crippen molar-refractivity contribution in [2.45, 2.75) is 20.3 Å². The molecule has 1 aromatic heterocycles. The lowest BCUT2D eigenvalue weighted by molar-refractivity contribution is 0.0697. The molecule has 110 valence electrons. The van der Waals surface area contributed by atoms with Crippen molar-refractivity contribution in [2.24, 2.45) is 0 Å². The van der Waals surface area contributed by atoms with Crippen molar-refractivity contribution >= 4 is 34.2 Å². The topological polar surface area (TPSA) is 91.3 Å². The zero-order valence-corrected chi connectivity index (χ0v) is 12.5. The van der Waals surface area contributed by atoms with Gasteiger partial charge in [0.25, 0.3) is 0 Å². The number of nitrogens with one attached hydrogen (secondary N) is 2. The van der Waals surface area contributed by atoms with Crippen LogP contribution in [0.15, 0.2) is 24.3 Å². The van der Waals surface area contributed by atoms with Gasteiger partial charge in [-0.3, -0.25) is 5.32 Å². The van der Waals surface area contributed by atoms with E-state index in [1.54, 1.807) is 0 Å². The van der Waals surface area contributed by atoms with Crippen LogP contribution in [-0.2, 0) is 6.42 Å². The summed E-state index contributed by atoms with van der Waals surface area (Å²) in [6.07, 6.45) is 0.822. The molecule has 0 saturated heterocycles. The fraction of sp³-hybridized carbons (Fsp3) is 0.214. The standard InChI is InChI=1S/C14H15N3O3S/c1-3-11-8(2)21-14(16-11)17-13(20)15-10-6-4-9(5-7-10)12(18)19/h4-7H,3H2,1-2H3,(H,18,19)(H2,15,16,17,20). The number of benzene rings is 1. The highest BCUT2D eigenvalue weighted by Gasteiger charge is 2.09. The molecular formula is C14H15N3O3S. The van der Waals surface area contributed by atoms with E-state index in [0.717, 1.165) is 17.0 Å². The molecule has 1 heterocycles. The minimum atomic E-state index is -1.00. The lowest BCUT2D eigenvalue weighted by Gasteiger charge is -2.05. The molecule has 6 nitrogen and oxygen atoms in total. The normalized spacial score (nSPS) is 10.2. The number of nitrogens with zero attached hydrogens (tertiary/aromatic N) is 1. The first-order valence-electron chi connectivity index (χ1n) is 6.37. The number of anilines is 2. The number of aromatic carboxylic acids is 1. The summed E-state index contributed by atoms with van der Waals surface area (Å²) in [5.74, 6) is -1.00. The van der Waals surface area contributed by atoms with Crippen LogP contribution in [0.4, 0.5) is 15.6 Å². The largest absolute Gasteiger partial charge is 0.478 e. The summed E-state index contributed by atoms with van der Waals surface area (Å²) in [5.41, 5.74) is 1.66. The average molecular weight is 305 g/mol. The van der Waals surface area contributed by atoms with Crippen LogP contribution in [0, 0.1) is 6.92 Å². The third-order valence-corrected chi connectivity index (χ3v) is 3.77. The van der Waals surface area contributed by atoms with Gasteiger partial charge in [-0.15, -0.1) is 11.3 Å². The molecule has 0 aliphatic rings. The van der Waals surface area contributed by atoms with Crippen LogP contribution in [0.3, 0.4) is 0 Å². The van der Waals surface area contributed by atoms with Crippen molar-refractivity contribution in [3.05, 3.63) is 40.4 Å². The molecule has 21 heavy (non-hydrogen) atoms. The van der Waals surface area contributed by atoms with Crippen molar-refractivity contribution in [1.29, 1.82) is 0 Å². The van der Waals surface area contributed by atoms with E-state index in [0.29, 0.717) is 10.8 Å². The van der Waals surface area contributed by atoms with E-state index >= 15 is 0 Å². The van der Waals surface area contributed by atoms with E-state index < -0.39 is 12.0 Å². The van der Waals surface area contributed by atoms with E-state index in [2.05, 4.69) is 15.6 Å². The smallest absolute Gasteiger partial charge is 0.335 e. The Balaban J connectivity index is 1.99. The highest BCUT2D eigenvalue weighted by Crippen LogP contribution is 2.22. The summed E-state index contributed by atoms with van der Waals surface area (Å²) >= 11 is 1.42. The molecule has 0 unspecified atom stereocenters. The molecule has 0 radical (unpaired) electrons. The maximum Gasteiger partial charge on any atom is 0.335 e. The van der Waals surface area contributed by atoms with Gasteiger partial charge < -0.3 is 10.4 Å². The molecule has 0 bridgehead atoms. The van der Waals surface area contributed by atoms with Crippen LogP contribution < -0.4 is 10.6 Å². The number of aromatic nitrogens is 1. The molecule has 2 rings (SSSR count). The first kappa shape index (κ1) is 15.0. The van der Waals surface area contributed by atoms with Gasteiger partial charge in [0, 0.05) is 10.6 Å². The van der Waals surface area contributed by atoms with Crippen LogP contribution >= 0.6 is 11.3 Å². The van der Waals surface area contributed by atoms with Crippen molar-refractivity contribution in [1.82, 2.24) is 4.98 Å². The second kappa shape index (κ2) is 6.36. The molecule has 0 aliphatic carbocycles. The van der Waals surface area contributed by atoms with E-state index in [-0.39, 0.29) is 5.56 Å². The molecule has 0 saturated carbocycles. The van der Waals surface area contributed by atoms with E-state index in [9.17, 15) is 9.59 Å². The monoisotopic (exact) mass is 305 g/mol. The Morgan fingerprint density at radius 1 is 1.24 bits per heavy atom. The lowest BCUT2D eigenvalue weighted by atomic mass is 10.2. The number of carboxylic acids is 1. The van der Waals surface area contributed by atoms with Crippen LogP contribution in [0.2, 0.25) is 0 Å². The van der Waals surface area contributed by atoms with Gasteiger partial charge in [0.1, 0.15) is 0 Å². The minimum absolute atomic E-state index is 0.170. The number of amides is 2. The first-order valence-corrected chi connectivity index (χ1v) is 7.19. The third-order valence-electron chi connectivity index (χ3n) is 2.84. The molecule has 0 spiro atoms. The van der Waals surface area contributed by atoms with Gasteiger partial charge in [-0.1, -0.05) is 6.92 Å². The van der Waals surface area contributed by atoms with E-state index in [4.69, 9.17) is 5.11 Å². The molecule has 2 amide bonds. The lowest BCUT2D eigenvalue weighted by Crippen LogP contribution is -2.19. The summed E-state index contributed by atoms with van der Waals surface area (Å²) in [6.45, 7) is 3.97. The Labute approximate surface area is 125 Å². The fourth-order valence-electron chi connectivity index (χ4n) is 1.77. The van der Waals surface area contributed by atoms with Gasteiger partial charge in [0.05, 0.1) is 11.3 Å². The highest BCUT2D eigenvalue weighted by molar-refractivity contribution is 7.15. The predicted molar refractivity (Wildman–Crippen MR) is 82.3 cm³/mol. The van der Waals surface area contributed by atoms with Crippen molar-refractivity contribution < 1.29 is 14.7 Å². The van der Waals surface area contributed by atoms with Gasteiger partial charge in [0.15, 0.2) is 5.13 Å². The number of thiazole rings is 1. The number of carboxylic acid groups (broad SMARTS) is 1. The average Bonchev–Trinajstić information content (AvgIpc) is 2.79. The highest BCUT2D eigenvalue weighted by atomic mass is 32.1. The molecule has 2 aromatic rings. The number of carbonyl (C=O) groups is 2. The number of rotatable bonds is 4. The van der Waals surface area contributed by atoms with Crippen LogP contribution in [0.1, 0.15) is 27.9 Å². The minimum Gasteiger partial charge on any atom is -0.478 e. The molecule has 0 fully saturated rings. The number of carbonyl (C=O) groups excluding carboxylic acids is 1. The van der Waals surface area contributed by atoms with Crippen molar-refractivity contribution in [3.63, 3.8) is 0 Å². The predicted octanol–water partition coefficient (Wildman–Crippen LogP) is 3.36. The third kappa shape index (κ3) is 3.79. The number of hydrogen-bond donors (Lipinski definition) is 3. The summed E-state index contributed by atoms with van der Waals surface area (Å²) in [6, 6.07) is 5.53. The Bertz CT molecular complexity index is 665. The number of aryl methyl sites for hydroxylation is 2. The summed E-state index contributed by atoms with van der Waals surface area (Å²) < 4.78 is 0. The second-order valence-electron chi connectivity index (χ2n) is 4.34. The summed E-state index contributed by atoms with van der Waals surface area (Å²) in [5, 5.41) is 14.6. The van der Waals surface area contributed by atoms with Crippen molar-refractivity contribution in [2.75, 3.05) is 10.6 Å². The Hall–Kier alpha value is -2.41. The number of hydrogen-bond acceptors (Lipinski definition) is 4. The SMILES string of the molecule is CCc1nc(NC(=O)Nc2ccc(C(=O)O)cc2)sc1C. The maximum absolute atomic E-state index is 11.8. The van der Waals surface area contributed by atoms with Gasteiger partial charge in [-0.2, -0.15) is 0 Å². The summed E-state index contributed by atoms with van der Waals surface area (Å²) in [7, 11) is 0. The van der Waals surface area contributed by atoms with Gasteiger partial charge >= 0.3 is 12.0 Å². The van der Waals surface area contributed by atoms with E-state index in [1.165, 1.54) is 35.6 Å². The first-order chi connectivity index (χ1) is 9.99. The van der Waals surface area contributed by atoms with Gasteiger partial charge in [-0.25, -0.2) is 14.6 Å². The van der Waals surface area contributed by atoms with Gasteiger partial charge in [0.2, 0.25) is 0 Å². The Morgan fingerprint density at radius 2 is 1.90 bits per heavy atom. The second-order valence-corrected chi connectivity index (χ2v) is 5.54. The van der Waals surface area contributed by atoms with Crippen LogP contribution in [0.25, 0.3) is 0 Å². The van der Waals surface area contributed by atoms with Gasteiger partial charge in [-0.05, 0) is 37.6 Å². The Kier molecular flexibility index (Phi) is 4.54. The van der Waals surface area contributed by atoms with Crippen molar-refractivity contribution in [3.8, 4) is 0 Å². The molecule has 7 heteroatoms. The molecular weight excluding hydrogens is 290 g/mol. The zero-order chi connectivity index (χ0) is 15.4. The quantitative estimate of drug-likeness (QED) is 0.807. The molecule has 0 aliphatic heterocycles. The zero-order valence-electron chi connectivity index (χ0n) is 11.6. The number of urea groups is 1. The van der Waals surface area contributed by atoms with E-state index in [1.807, 2.05) is 13.8 Å². The Morgan fingerprint density at radius 3 is 2.43 bits per heavy atom. The molecule has 0 atom stereocenters.